The largest absolute Gasteiger partial charge is 4.00 e. The van der Waals surface area contributed by atoms with Crippen LogP contribution < -0.4 is 42.4 Å². The molecule has 1 aliphatic carbocycles. The fourth-order valence-electron chi connectivity index (χ4n) is 2.43. The average Bonchev–Trinajstić information content (AvgIpc) is 2.61. The van der Waals surface area contributed by atoms with Crippen molar-refractivity contribution in [2.75, 3.05) is 0 Å². The van der Waals surface area contributed by atoms with E-state index in [4.69, 9.17) is 0 Å². The summed E-state index contributed by atoms with van der Waals surface area (Å²) in [7, 11) is -1.45. The van der Waals surface area contributed by atoms with Gasteiger partial charge in [-0.25, -0.2) is 11.1 Å². The van der Waals surface area contributed by atoms with Crippen LogP contribution >= 0.6 is 0 Å². The van der Waals surface area contributed by atoms with E-state index in [2.05, 4.69) is 63.3 Å². The molecule has 1 aromatic carbocycles. The summed E-state index contributed by atoms with van der Waals surface area (Å²) >= 11 is 0. The van der Waals surface area contributed by atoms with Crippen LogP contribution in [-0.2, 0) is 21.7 Å². The van der Waals surface area contributed by atoms with E-state index in [9.17, 15) is 0 Å². The molecule has 0 heterocycles. The fourth-order valence-corrected chi connectivity index (χ4v) is 5.46. The van der Waals surface area contributed by atoms with E-state index >= 15 is 0 Å². The van der Waals surface area contributed by atoms with Crippen LogP contribution in [0.3, 0.4) is 0 Å². The van der Waals surface area contributed by atoms with Crippen molar-refractivity contribution in [3.63, 3.8) is 0 Å². The summed E-state index contributed by atoms with van der Waals surface area (Å²) in [4.78, 5) is 0. The normalized spacial score (nSPS) is 13.3. The van der Waals surface area contributed by atoms with Gasteiger partial charge in [-0.1, -0.05) is 55.5 Å². The molecule has 0 atom stereocenters. The summed E-state index contributed by atoms with van der Waals surface area (Å²) in [5.74, 6) is 0. The summed E-state index contributed by atoms with van der Waals surface area (Å²) in [6.45, 7) is 9.32. The van der Waals surface area contributed by atoms with Gasteiger partial charge >= 0.3 is 21.7 Å². The Morgan fingerprint density at radius 3 is 1.85 bits per heavy atom. The quantitative estimate of drug-likeness (QED) is 0.355. The topological polar surface area (TPSA) is 0 Å². The number of allylic oxidation sites excluding steroid dienone is 4. The van der Waals surface area contributed by atoms with Gasteiger partial charge < -0.3 is 37.2 Å². The first-order chi connectivity index (χ1) is 7.53. The molecule has 108 valence electrons. The predicted molar refractivity (Wildman–Crippen MR) is 73.3 cm³/mol. The third-order valence-electron chi connectivity index (χ3n) is 3.80. The third kappa shape index (κ3) is 5.05. The van der Waals surface area contributed by atoms with E-state index < -0.39 is 8.07 Å². The van der Waals surface area contributed by atoms with Crippen LogP contribution in [0.15, 0.2) is 46.7 Å². The van der Waals surface area contributed by atoms with Crippen molar-refractivity contribution in [2.45, 2.75) is 33.4 Å². The molecule has 0 radical (unpaired) electrons. The molecule has 1 aliphatic rings. The molecule has 0 nitrogen and oxygen atoms in total. The Morgan fingerprint density at radius 1 is 0.950 bits per heavy atom. The Hall–Kier alpha value is 0.501. The Kier molecular flexibility index (Phi) is 13.1. The fraction of sp³-hybridized carbons (Fsp3) is 0.333. The molecule has 0 N–H and O–H groups in total. The van der Waals surface area contributed by atoms with Gasteiger partial charge in [0.2, 0.25) is 0 Å². The van der Waals surface area contributed by atoms with E-state index in [0.29, 0.717) is 0 Å². The van der Waals surface area contributed by atoms with Gasteiger partial charge in [-0.3, -0.25) is 6.08 Å². The summed E-state index contributed by atoms with van der Waals surface area (Å²) in [6.07, 6.45) is 4.52. The number of halogens is 3. The minimum atomic E-state index is -1.45. The summed E-state index contributed by atoms with van der Waals surface area (Å²) in [5.41, 5.74) is 2.84. The second-order valence-corrected chi connectivity index (χ2v) is 9.50. The molecular formula is C15H19Cl3SiTi. The molecular weight excluding hydrogens is 362 g/mol. The molecule has 0 saturated carbocycles. The average molecular weight is 382 g/mol. The van der Waals surface area contributed by atoms with Crippen molar-refractivity contribution in [3.05, 3.63) is 52.8 Å². The maximum atomic E-state index is 3.47. The van der Waals surface area contributed by atoms with E-state index in [1.807, 2.05) is 0 Å². The monoisotopic (exact) mass is 380 g/mol. The molecule has 0 fully saturated rings. The van der Waals surface area contributed by atoms with Gasteiger partial charge in [-0.15, -0.1) is 13.3 Å². The van der Waals surface area contributed by atoms with Gasteiger partial charge in [-0.2, -0.15) is 5.20 Å². The van der Waals surface area contributed by atoms with Gasteiger partial charge in [0.15, 0.2) is 0 Å². The zero-order valence-corrected chi connectivity index (χ0v) is 17.1. The first-order valence-electron chi connectivity index (χ1n) is 5.87. The van der Waals surface area contributed by atoms with E-state index in [-0.39, 0.29) is 58.9 Å². The van der Waals surface area contributed by atoms with Gasteiger partial charge in [0.05, 0.1) is 8.07 Å². The molecule has 0 amide bonds. The van der Waals surface area contributed by atoms with E-state index in [0.717, 1.165) is 6.42 Å². The molecule has 0 spiro atoms. The number of hydrogen-bond acceptors (Lipinski definition) is 0. The molecule has 2 rings (SSSR count). The molecule has 5 heteroatoms. The van der Waals surface area contributed by atoms with Crippen LogP contribution in [0, 0.1) is 6.08 Å². The van der Waals surface area contributed by atoms with E-state index in [1.54, 1.807) is 5.20 Å². The first kappa shape index (κ1) is 25.5. The predicted octanol–water partition coefficient (Wildman–Crippen LogP) is -5.38. The van der Waals surface area contributed by atoms with Crippen LogP contribution in [0.5, 0.6) is 0 Å². The molecule has 0 saturated heterocycles. The van der Waals surface area contributed by atoms with Crippen molar-refractivity contribution in [1.29, 1.82) is 0 Å². The van der Waals surface area contributed by atoms with Crippen molar-refractivity contribution in [2.24, 2.45) is 0 Å². The summed E-state index contributed by atoms with van der Waals surface area (Å²) in [6, 6.07) is 11.0. The Balaban J connectivity index is -0.000000722. The van der Waals surface area contributed by atoms with Crippen LogP contribution in [0.2, 0.25) is 13.1 Å². The number of hydrogen-bond donors (Lipinski definition) is 0. The van der Waals surface area contributed by atoms with Crippen molar-refractivity contribution >= 4 is 13.3 Å². The maximum absolute atomic E-state index is 3.47. The minimum absolute atomic E-state index is 0. The van der Waals surface area contributed by atoms with E-state index in [1.165, 1.54) is 16.3 Å². The Bertz CT molecular complexity index is 467. The van der Waals surface area contributed by atoms with Gasteiger partial charge in [-0.05, 0) is 0 Å². The van der Waals surface area contributed by atoms with Gasteiger partial charge in [0.25, 0.3) is 0 Å². The first-order valence-corrected chi connectivity index (χ1v) is 8.87. The summed E-state index contributed by atoms with van der Waals surface area (Å²) < 4.78 is 0. The molecule has 0 unspecified atom stereocenters. The maximum Gasteiger partial charge on any atom is 4.00 e. The number of rotatable bonds is 2. The Labute approximate surface area is 157 Å². The smallest absolute Gasteiger partial charge is 1.00 e. The van der Waals surface area contributed by atoms with Crippen LogP contribution in [0.25, 0.3) is 0 Å². The zero-order valence-electron chi connectivity index (χ0n) is 12.2. The molecule has 0 bridgehead atoms. The molecule has 20 heavy (non-hydrogen) atoms. The Morgan fingerprint density at radius 2 is 1.45 bits per heavy atom. The van der Waals surface area contributed by atoms with Crippen molar-refractivity contribution < 1.29 is 58.9 Å². The standard InChI is InChI=1S/C15H19Si.3ClH.Ti/c1-12-10-11-15(13(12)2)16(3,4)14-8-6-5-7-9-14;;;;/h5-9H,11H2,1-4H3;3*1H;/q-1;;;;+4/p-3. The minimum Gasteiger partial charge on any atom is -1.00 e. The summed E-state index contributed by atoms with van der Waals surface area (Å²) in [5, 5.41) is 3.18. The van der Waals surface area contributed by atoms with Gasteiger partial charge in [0, 0.05) is 0 Å². The second-order valence-electron chi connectivity index (χ2n) is 5.07. The van der Waals surface area contributed by atoms with Crippen molar-refractivity contribution in [3.8, 4) is 0 Å². The third-order valence-corrected chi connectivity index (χ3v) is 7.63. The SMILES string of the molecule is CC1=[C-]CC([Si](C)(C)c2ccccc2)=C1C.[Cl-].[Cl-].[Cl-].[Ti+4]. The van der Waals surface area contributed by atoms with Crippen LogP contribution in [0.4, 0.5) is 0 Å². The molecule has 1 aromatic rings. The molecule has 0 aliphatic heterocycles. The number of benzene rings is 1. The van der Waals surface area contributed by atoms with Crippen LogP contribution in [-0.4, -0.2) is 8.07 Å². The zero-order chi connectivity index (χ0) is 11.8. The van der Waals surface area contributed by atoms with Gasteiger partial charge in [0.1, 0.15) is 0 Å². The molecule has 0 aromatic heterocycles. The van der Waals surface area contributed by atoms with Crippen molar-refractivity contribution in [1.82, 2.24) is 0 Å². The van der Waals surface area contributed by atoms with Crippen LogP contribution in [0.1, 0.15) is 20.3 Å². The second kappa shape index (κ2) is 10.3.